The first-order valence-corrected chi connectivity index (χ1v) is 6.60. The van der Waals surface area contributed by atoms with Gasteiger partial charge < -0.3 is 4.74 Å². The molecular formula is C10H11NO6S. The fourth-order valence-corrected chi connectivity index (χ4v) is 2.59. The van der Waals surface area contributed by atoms with Gasteiger partial charge in [-0.25, -0.2) is 0 Å². The lowest BCUT2D eigenvalue weighted by molar-refractivity contribution is -0.386. The third-order valence-corrected chi connectivity index (χ3v) is 3.77. The molecule has 0 unspecified atom stereocenters. The quantitative estimate of drug-likeness (QED) is 0.380. The predicted molar refractivity (Wildman–Crippen MR) is 61.1 cm³/mol. The van der Waals surface area contributed by atoms with Crippen molar-refractivity contribution in [1.82, 2.24) is 0 Å². The lowest BCUT2D eigenvalue weighted by Crippen LogP contribution is -2.07. The summed E-state index contributed by atoms with van der Waals surface area (Å²) < 4.78 is 36.1. The molecule has 0 spiro atoms. The molecule has 7 nitrogen and oxygen atoms in total. The maximum Gasteiger partial charge on any atom is 0.295 e. The van der Waals surface area contributed by atoms with Crippen LogP contribution < -0.4 is 0 Å². The minimum atomic E-state index is -4.45. The highest BCUT2D eigenvalue weighted by Gasteiger charge is 2.30. The summed E-state index contributed by atoms with van der Waals surface area (Å²) in [4.78, 5) is 9.94. The van der Waals surface area contributed by atoms with E-state index in [4.69, 9.17) is 9.29 Å². The molecule has 8 heteroatoms. The van der Waals surface area contributed by atoms with E-state index in [-0.39, 0.29) is 17.4 Å². The average Bonchev–Trinajstić information content (AvgIpc) is 2.98. The molecule has 1 heterocycles. The van der Waals surface area contributed by atoms with Crippen molar-refractivity contribution >= 4 is 15.8 Å². The van der Waals surface area contributed by atoms with Crippen LogP contribution in [-0.4, -0.2) is 30.6 Å². The van der Waals surface area contributed by atoms with Crippen LogP contribution in [0.1, 0.15) is 11.1 Å². The molecule has 98 valence electrons. The van der Waals surface area contributed by atoms with Crippen LogP contribution in [0.5, 0.6) is 0 Å². The fraction of sp³-hybridized carbons (Fsp3) is 0.400. The van der Waals surface area contributed by atoms with E-state index in [1.165, 1.54) is 19.1 Å². The molecular weight excluding hydrogens is 262 g/mol. The van der Waals surface area contributed by atoms with Gasteiger partial charge in [0, 0.05) is 17.5 Å². The summed E-state index contributed by atoms with van der Waals surface area (Å²) in [5.74, 6) is 0. The molecule has 1 aliphatic heterocycles. The summed E-state index contributed by atoms with van der Waals surface area (Å²) in [5.41, 5.74) is 0.0775. The molecule has 1 fully saturated rings. The normalized spacial score (nSPS) is 18.7. The van der Waals surface area contributed by atoms with Crippen LogP contribution >= 0.6 is 0 Å². The Balaban J connectivity index is 2.57. The first-order valence-electron chi connectivity index (χ1n) is 5.16. The first kappa shape index (κ1) is 12.9. The Morgan fingerprint density at radius 2 is 2.17 bits per heavy atom. The van der Waals surface area contributed by atoms with Gasteiger partial charge in [-0.2, -0.15) is 8.42 Å². The van der Waals surface area contributed by atoms with Crippen LogP contribution in [0.4, 0.5) is 5.69 Å². The molecule has 1 N–H and O–H groups in total. The molecule has 0 saturated carbocycles. The summed E-state index contributed by atoms with van der Waals surface area (Å²) in [5, 5.41) is 11.0. The van der Waals surface area contributed by atoms with E-state index in [9.17, 15) is 18.5 Å². The highest BCUT2D eigenvalue weighted by atomic mass is 32.2. The van der Waals surface area contributed by atoms with E-state index >= 15 is 0 Å². The van der Waals surface area contributed by atoms with Gasteiger partial charge in [-0.05, 0) is 13.0 Å². The molecule has 1 saturated heterocycles. The van der Waals surface area contributed by atoms with Crippen molar-refractivity contribution in [2.75, 3.05) is 6.61 Å². The van der Waals surface area contributed by atoms with Gasteiger partial charge in [-0.3, -0.25) is 14.7 Å². The zero-order chi connectivity index (χ0) is 13.5. The lowest BCUT2D eigenvalue weighted by atomic mass is 10.0. The lowest BCUT2D eigenvalue weighted by Gasteiger charge is -2.07. The standard InChI is InChI=1S/C10H11NO6S/c1-6-9(18(14,15)16)3-2-7(4-8-5-17-8)10(6)11(12)13/h2-3,8H,4-5H2,1H3,(H,14,15,16)/t8-/m1/s1. The summed E-state index contributed by atoms with van der Waals surface area (Å²) in [6, 6.07) is 2.52. The van der Waals surface area contributed by atoms with Gasteiger partial charge in [0.25, 0.3) is 15.8 Å². The highest BCUT2D eigenvalue weighted by Crippen LogP contribution is 2.31. The number of nitrogens with zero attached hydrogens (tertiary/aromatic N) is 1. The molecule has 1 aromatic carbocycles. The molecule has 0 amide bonds. The summed E-state index contributed by atoms with van der Waals surface area (Å²) in [6.07, 6.45) is 0.322. The molecule has 0 bridgehead atoms. The van der Waals surface area contributed by atoms with Gasteiger partial charge in [-0.1, -0.05) is 6.07 Å². The predicted octanol–water partition coefficient (Wildman–Crippen LogP) is 1.09. The van der Waals surface area contributed by atoms with Crippen molar-refractivity contribution in [3.8, 4) is 0 Å². The van der Waals surface area contributed by atoms with E-state index in [1.807, 2.05) is 0 Å². The number of ether oxygens (including phenoxy) is 1. The van der Waals surface area contributed by atoms with E-state index in [0.29, 0.717) is 18.6 Å². The smallest absolute Gasteiger partial charge is 0.295 e. The fourth-order valence-electron chi connectivity index (χ4n) is 1.87. The Morgan fingerprint density at radius 1 is 1.56 bits per heavy atom. The topological polar surface area (TPSA) is 110 Å². The average molecular weight is 273 g/mol. The Hall–Kier alpha value is -1.51. The zero-order valence-electron chi connectivity index (χ0n) is 9.49. The highest BCUT2D eigenvalue weighted by molar-refractivity contribution is 7.85. The maximum atomic E-state index is 11.1. The second kappa shape index (κ2) is 4.30. The van der Waals surface area contributed by atoms with Crippen LogP contribution in [-0.2, 0) is 21.3 Å². The molecule has 0 aromatic heterocycles. The number of epoxide rings is 1. The van der Waals surface area contributed by atoms with Gasteiger partial charge in [0.2, 0.25) is 0 Å². The number of benzene rings is 1. The van der Waals surface area contributed by atoms with Crippen LogP contribution in [0.25, 0.3) is 0 Å². The van der Waals surface area contributed by atoms with Gasteiger partial charge in [0.1, 0.15) is 4.90 Å². The van der Waals surface area contributed by atoms with Crippen LogP contribution in [0.2, 0.25) is 0 Å². The van der Waals surface area contributed by atoms with E-state index in [0.717, 1.165) is 0 Å². The first-order chi connectivity index (χ1) is 8.30. The number of hydrogen-bond donors (Lipinski definition) is 1. The third kappa shape index (κ3) is 2.50. The van der Waals surface area contributed by atoms with E-state index in [2.05, 4.69) is 0 Å². The van der Waals surface area contributed by atoms with Crippen molar-refractivity contribution in [3.63, 3.8) is 0 Å². The monoisotopic (exact) mass is 273 g/mol. The Labute approximate surface area is 103 Å². The van der Waals surface area contributed by atoms with Crippen LogP contribution in [0, 0.1) is 17.0 Å². The van der Waals surface area contributed by atoms with Crippen molar-refractivity contribution < 1.29 is 22.6 Å². The second-order valence-corrected chi connectivity index (χ2v) is 5.48. The van der Waals surface area contributed by atoms with Crippen LogP contribution in [0.3, 0.4) is 0 Å². The van der Waals surface area contributed by atoms with Crippen LogP contribution in [0.15, 0.2) is 17.0 Å². The SMILES string of the molecule is Cc1c(S(=O)(=O)O)ccc(C[C@@H]2CO2)c1[N+](=O)[O-]. The van der Waals surface area contributed by atoms with E-state index in [1.54, 1.807) is 0 Å². The molecule has 1 aromatic rings. The molecule has 2 rings (SSSR count). The number of hydrogen-bond acceptors (Lipinski definition) is 5. The van der Waals surface area contributed by atoms with E-state index < -0.39 is 19.9 Å². The number of nitro benzene ring substituents is 1. The second-order valence-electron chi connectivity index (χ2n) is 4.09. The van der Waals surface area contributed by atoms with Crippen molar-refractivity contribution in [2.24, 2.45) is 0 Å². The Kier molecular flexibility index (Phi) is 3.09. The Bertz CT molecular complexity index is 605. The molecule has 0 radical (unpaired) electrons. The minimum Gasteiger partial charge on any atom is -0.373 e. The zero-order valence-corrected chi connectivity index (χ0v) is 10.3. The van der Waals surface area contributed by atoms with Gasteiger partial charge >= 0.3 is 0 Å². The Morgan fingerprint density at radius 3 is 2.61 bits per heavy atom. The van der Waals surface area contributed by atoms with Crippen molar-refractivity contribution in [3.05, 3.63) is 33.4 Å². The molecule has 18 heavy (non-hydrogen) atoms. The third-order valence-electron chi connectivity index (χ3n) is 2.78. The molecule has 1 aliphatic rings. The van der Waals surface area contributed by atoms with Gasteiger partial charge in [0.05, 0.1) is 17.6 Å². The molecule has 1 atom stereocenters. The summed E-state index contributed by atoms with van der Waals surface area (Å²) in [7, 11) is -4.45. The number of rotatable bonds is 4. The maximum absolute atomic E-state index is 11.1. The molecule has 0 aliphatic carbocycles. The largest absolute Gasteiger partial charge is 0.373 e. The summed E-state index contributed by atoms with van der Waals surface area (Å²) >= 11 is 0. The van der Waals surface area contributed by atoms with Crippen molar-refractivity contribution in [2.45, 2.75) is 24.3 Å². The van der Waals surface area contributed by atoms with Gasteiger partial charge in [0.15, 0.2) is 0 Å². The van der Waals surface area contributed by atoms with Crippen molar-refractivity contribution in [1.29, 1.82) is 0 Å². The summed E-state index contributed by atoms with van der Waals surface area (Å²) in [6.45, 7) is 1.86. The minimum absolute atomic E-state index is 0.0420. The number of nitro groups is 1. The van der Waals surface area contributed by atoms with Gasteiger partial charge in [-0.15, -0.1) is 0 Å².